The predicted octanol–water partition coefficient (Wildman–Crippen LogP) is 1.20. The number of guanidine groups is 1. The molecule has 106 valence electrons. The van der Waals surface area contributed by atoms with E-state index in [4.69, 9.17) is 0 Å². The number of aromatic nitrogens is 3. The highest BCUT2D eigenvalue weighted by atomic mass is 15.3. The second-order valence-electron chi connectivity index (χ2n) is 5.03. The average Bonchev–Trinajstić information content (AvgIpc) is 2.83. The maximum Gasteiger partial charge on any atom is 0.191 e. The molecule has 6 nitrogen and oxygen atoms in total. The Morgan fingerprint density at radius 3 is 2.84 bits per heavy atom. The summed E-state index contributed by atoms with van der Waals surface area (Å²) in [6.07, 6.45) is 8.20. The van der Waals surface area contributed by atoms with E-state index >= 15 is 0 Å². The Morgan fingerprint density at radius 2 is 2.21 bits per heavy atom. The monoisotopic (exact) mass is 264 g/mol. The minimum atomic E-state index is 0.554. The summed E-state index contributed by atoms with van der Waals surface area (Å²) in [7, 11) is 1.94. The van der Waals surface area contributed by atoms with Crippen LogP contribution in [-0.4, -0.2) is 33.3 Å². The Hall–Kier alpha value is -1.59. The zero-order valence-electron chi connectivity index (χ0n) is 11.9. The van der Waals surface area contributed by atoms with Gasteiger partial charge in [0, 0.05) is 19.6 Å². The molecule has 0 bridgehead atoms. The van der Waals surface area contributed by atoms with E-state index in [1.807, 2.05) is 11.6 Å². The van der Waals surface area contributed by atoms with Gasteiger partial charge in [-0.05, 0) is 19.8 Å². The van der Waals surface area contributed by atoms with Gasteiger partial charge in [0.05, 0.1) is 0 Å². The molecule has 0 unspecified atom stereocenters. The SMILES string of the molecule is CCNC(=NCc1nncn1C)NC1CCCCC1. The third-order valence-corrected chi connectivity index (χ3v) is 3.47. The second-order valence-corrected chi connectivity index (χ2v) is 5.03. The van der Waals surface area contributed by atoms with Crippen molar-refractivity contribution in [1.29, 1.82) is 0 Å². The molecule has 19 heavy (non-hydrogen) atoms. The van der Waals surface area contributed by atoms with Crippen molar-refractivity contribution in [2.24, 2.45) is 12.0 Å². The van der Waals surface area contributed by atoms with Crippen LogP contribution in [0.3, 0.4) is 0 Å². The van der Waals surface area contributed by atoms with Crippen molar-refractivity contribution in [3.8, 4) is 0 Å². The highest BCUT2D eigenvalue weighted by molar-refractivity contribution is 5.80. The summed E-state index contributed by atoms with van der Waals surface area (Å²) in [5.74, 6) is 1.76. The van der Waals surface area contributed by atoms with Crippen molar-refractivity contribution in [2.75, 3.05) is 6.54 Å². The lowest BCUT2D eigenvalue weighted by molar-refractivity contribution is 0.410. The summed E-state index contributed by atoms with van der Waals surface area (Å²) in [5.41, 5.74) is 0. The zero-order chi connectivity index (χ0) is 13.5. The molecule has 2 N–H and O–H groups in total. The molecular formula is C13H24N6. The van der Waals surface area contributed by atoms with Crippen molar-refractivity contribution < 1.29 is 0 Å². The Bertz CT molecular complexity index is 405. The average molecular weight is 264 g/mol. The van der Waals surface area contributed by atoms with Gasteiger partial charge in [-0.15, -0.1) is 10.2 Å². The lowest BCUT2D eigenvalue weighted by atomic mass is 9.96. The van der Waals surface area contributed by atoms with Gasteiger partial charge < -0.3 is 15.2 Å². The number of hydrogen-bond acceptors (Lipinski definition) is 3. The van der Waals surface area contributed by atoms with Gasteiger partial charge in [0.2, 0.25) is 0 Å². The molecule has 6 heteroatoms. The Morgan fingerprint density at radius 1 is 1.42 bits per heavy atom. The Balaban J connectivity index is 1.92. The predicted molar refractivity (Wildman–Crippen MR) is 75.8 cm³/mol. The van der Waals surface area contributed by atoms with Crippen LogP contribution in [-0.2, 0) is 13.6 Å². The molecule has 1 aromatic rings. The van der Waals surface area contributed by atoms with E-state index < -0.39 is 0 Å². The molecule has 0 aromatic carbocycles. The quantitative estimate of drug-likeness (QED) is 0.633. The van der Waals surface area contributed by atoms with E-state index in [2.05, 4.69) is 32.7 Å². The molecule has 1 fully saturated rings. The van der Waals surface area contributed by atoms with Crippen molar-refractivity contribution in [2.45, 2.75) is 51.6 Å². The number of aliphatic imine (C=N–C) groups is 1. The first-order chi connectivity index (χ1) is 9.29. The first-order valence-corrected chi connectivity index (χ1v) is 7.17. The van der Waals surface area contributed by atoms with E-state index in [9.17, 15) is 0 Å². The normalized spacial score (nSPS) is 17.5. The summed E-state index contributed by atoms with van der Waals surface area (Å²) in [6.45, 7) is 3.51. The van der Waals surface area contributed by atoms with Gasteiger partial charge in [0.1, 0.15) is 12.9 Å². The number of nitrogens with one attached hydrogen (secondary N) is 2. The van der Waals surface area contributed by atoms with Gasteiger partial charge in [-0.25, -0.2) is 4.99 Å². The number of aryl methyl sites for hydroxylation is 1. The van der Waals surface area contributed by atoms with E-state index in [1.165, 1.54) is 32.1 Å². The van der Waals surface area contributed by atoms with Gasteiger partial charge in [-0.1, -0.05) is 19.3 Å². The first-order valence-electron chi connectivity index (χ1n) is 7.17. The third-order valence-electron chi connectivity index (χ3n) is 3.47. The topological polar surface area (TPSA) is 67.1 Å². The molecule has 0 aliphatic heterocycles. The summed E-state index contributed by atoms with van der Waals surface area (Å²) in [4.78, 5) is 4.58. The van der Waals surface area contributed by atoms with Gasteiger partial charge in [0.25, 0.3) is 0 Å². The molecule has 0 radical (unpaired) electrons. The summed E-state index contributed by atoms with van der Waals surface area (Å²) in [6, 6.07) is 0.561. The number of rotatable bonds is 4. The number of nitrogens with zero attached hydrogens (tertiary/aromatic N) is 4. The highest BCUT2D eigenvalue weighted by Gasteiger charge is 2.14. The molecule has 0 spiro atoms. The molecule has 0 saturated heterocycles. The maximum atomic E-state index is 4.58. The minimum Gasteiger partial charge on any atom is -0.357 e. The van der Waals surface area contributed by atoms with Crippen LogP contribution in [0, 0.1) is 0 Å². The fraction of sp³-hybridized carbons (Fsp3) is 0.769. The third kappa shape index (κ3) is 4.22. The van der Waals surface area contributed by atoms with Crippen LogP contribution in [0.5, 0.6) is 0 Å². The van der Waals surface area contributed by atoms with Crippen molar-refractivity contribution in [1.82, 2.24) is 25.4 Å². The van der Waals surface area contributed by atoms with Crippen molar-refractivity contribution in [3.63, 3.8) is 0 Å². The Labute approximate surface area is 114 Å². The first kappa shape index (κ1) is 13.8. The summed E-state index contributed by atoms with van der Waals surface area (Å²) >= 11 is 0. The van der Waals surface area contributed by atoms with Gasteiger partial charge >= 0.3 is 0 Å². The largest absolute Gasteiger partial charge is 0.357 e. The van der Waals surface area contributed by atoms with Crippen LogP contribution < -0.4 is 10.6 Å². The lowest BCUT2D eigenvalue weighted by Crippen LogP contribution is -2.44. The maximum absolute atomic E-state index is 4.58. The lowest BCUT2D eigenvalue weighted by Gasteiger charge is -2.24. The van der Waals surface area contributed by atoms with Crippen LogP contribution in [0.2, 0.25) is 0 Å². The molecule has 1 aliphatic carbocycles. The van der Waals surface area contributed by atoms with E-state index in [0.29, 0.717) is 12.6 Å². The molecule has 1 aliphatic rings. The van der Waals surface area contributed by atoms with Crippen LogP contribution in [0.1, 0.15) is 44.9 Å². The zero-order valence-corrected chi connectivity index (χ0v) is 11.9. The van der Waals surface area contributed by atoms with Gasteiger partial charge in [-0.2, -0.15) is 0 Å². The molecule has 1 heterocycles. The molecule has 0 atom stereocenters. The molecule has 2 rings (SSSR count). The minimum absolute atomic E-state index is 0.554. The van der Waals surface area contributed by atoms with Crippen LogP contribution >= 0.6 is 0 Å². The van der Waals surface area contributed by atoms with Gasteiger partial charge in [-0.3, -0.25) is 0 Å². The Kier molecular flexibility index (Phi) is 5.18. The van der Waals surface area contributed by atoms with Crippen LogP contribution in [0.4, 0.5) is 0 Å². The summed E-state index contributed by atoms with van der Waals surface area (Å²) < 4.78 is 1.90. The highest BCUT2D eigenvalue weighted by Crippen LogP contribution is 2.17. The second kappa shape index (κ2) is 7.11. The van der Waals surface area contributed by atoms with E-state index in [0.717, 1.165) is 18.3 Å². The fourth-order valence-electron chi connectivity index (χ4n) is 2.36. The van der Waals surface area contributed by atoms with Gasteiger partial charge in [0.15, 0.2) is 11.8 Å². The van der Waals surface area contributed by atoms with E-state index in [-0.39, 0.29) is 0 Å². The van der Waals surface area contributed by atoms with Crippen molar-refractivity contribution >= 4 is 5.96 Å². The van der Waals surface area contributed by atoms with Crippen LogP contribution in [0.15, 0.2) is 11.3 Å². The van der Waals surface area contributed by atoms with Crippen LogP contribution in [0.25, 0.3) is 0 Å². The molecule has 0 amide bonds. The smallest absolute Gasteiger partial charge is 0.191 e. The molecular weight excluding hydrogens is 240 g/mol. The fourth-order valence-corrected chi connectivity index (χ4v) is 2.36. The van der Waals surface area contributed by atoms with E-state index in [1.54, 1.807) is 6.33 Å². The molecule has 1 aromatic heterocycles. The molecule has 1 saturated carbocycles. The standard InChI is InChI=1S/C13H24N6/c1-3-14-13(17-11-7-5-4-6-8-11)15-9-12-18-16-10-19(12)2/h10-11H,3-9H2,1-2H3,(H2,14,15,17). The van der Waals surface area contributed by atoms with Crippen molar-refractivity contribution in [3.05, 3.63) is 12.2 Å². The number of hydrogen-bond donors (Lipinski definition) is 2. The summed E-state index contributed by atoms with van der Waals surface area (Å²) in [5, 5.41) is 14.7.